The van der Waals surface area contributed by atoms with E-state index >= 15 is 0 Å². The molecule has 0 saturated heterocycles. The van der Waals surface area contributed by atoms with Crippen molar-refractivity contribution in [2.45, 2.75) is 26.4 Å². The van der Waals surface area contributed by atoms with Crippen LogP contribution in [0.3, 0.4) is 0 Å². The van der Waals surface area contributed by atoms with Crippen LogP contribution in [-0.4, -0.2) is 17.3 Å². The maximum absolute atomic E-state index is 9.70. The number of nitriles is 1. The first-order chi connectivity index (χ1) is 14.5. The normalized spacial score (nSPS) is 15.2. The fourth-order valence-electron chi connectivity index (χ4n) is 3.56. The van der Waals surface area contributed by atoms with Crippen molar-refractivity contribution in [2.24, 2.45) is 5.73 Å². The van der Waals surface area contributed by atoms with Gasteiger partial charge in [0.25, 0.3) is 0 Å². The number of ether oxygens (including phenoxy) is 3. The lowest BCUT2D eigenvalue weighted by atomic mass is 9.84. The summed E-state index contributed by atoms with van der Waals surface area (Å²) in [5.41, 5.74) is 11.0. The lowest BCUT2D eigenvalue weighted by molar-refractivity contribution is 0.284. The number of hydrogen-bond donors (Lipinski definition) is 2. The number of rotatable bonds is 5. The molecule has 2 heterocycles. The van der Waals surface area contributed by atoms with E-state index in [1.165, 1.54) is 5.56 Å². The van der Waals surface area contributed by atoms with Crippen molar-refractivity contribution in [3.8, 4) is 23.4 Å². The molecule has 2 aromatic carbocycles. The molecule has 1 unspecified atom stereocenters. The highest BCUT2D eigenvalue weighted by atomic mass is 16.5. The van der Waals surface area contributed by atoms with Crippen molar-refractivity contribution in [2.75, 3.05) is 7.11 Å². The van der Waals surface area contributed by atoms with Crippen molar-refractivity contribution in [3.63, 3.8) is 0 Å². The average molecular weight is 402 g/mol. The Balaban J connectivity index is 1.68. The van der Waals surface area contributed by atoms with E-state index in [0.717, 1.165) is 22.4 Å². The first kappa shape index (κ1) is 19.4. The number of nitrogens with two attached hydrogens (primary N) is 1. The second kappa shape index (κ2) is 7.84. The first-order valence-electron chi connectivity index (χ1n) is 9.50. The Bertz CT molecular complexity index is 1160. The van der Waals surface area contributed by atoms with Gasteiger partial charge in [0, 0.05) is 11.3 Å². The number of hydrogen-bond acceptors (Lipinski definition) is 6. The number of nitrogens with one attached hydrogen (secondary N) is 1. The molecule has 7 nitrogen and oxygen atoms in total. The molecule has 1 atom stereocenters. The second-order valence-corrected chi connectivity index (χ2v) is 7.18. The topological polar surface area (TPSA) is 106 Å². The first-order valence-corrected chi connectivity index (χ1v) is 9.50. The molecule has 0 bridgehead atoms. The number of benzene rings is 2. The Morgan fingerprint density at radius 3 is 2.63 bits per heavy atom. The Labute approximate surface area is 174 Å². The van der Waals surface area contributed by atoms with Crippen LogP contribution in [0.15, 0.2) is 53.9 Å². The smallest absolute Gasteiger partial charge is 0.244 e. The van der Waals surface area contributed by atoms with Gasteiger partial charge in [-0.3, -0.25) is 5.10 Å². The zero-order valence-electron chi connectivity index (χ0n) is 17.0. The summed E-state index contributed by atoms with van der Waals surface area (Å²) in [6.45, 7) is 4.36. The van der Waals surface area contributed by atoms with Crippen molar-refractivity contribution in [1.82, 2.24) is 10.2 Å². The van der Waals surface area contributed by atoms with Gasteiger partial charge in [-0.15, -0.1) is 5.10 Å². The van der Waals surface area contributed by atoms with Crippen LogP contribution in [0.25, 0.3) is 0 Å². The SMILES string of the molecule is COc1cc(C2C(C#N)=C(N)Oc3n[nH]c(C)c32)ccc1OCc1ccc(C)cc1. The third-order valence-electron chi connectivity index (χ3n) is 5.17. The van der Waals surface area contributed by atoms with E-state index in [4.69, 9.17) is 19.9 Å². The number of nitrogens with zero attached hydrogens (tertiary/aromatic N) is 2. The Kier molecular flexibility index (Phi) is 5.07. The molecule has 0 radical (unpaired) electrons. The molecule has 4 rings (SSSR count). The van der Waals surface area contributed by atoms with Crippen LogP contribution in [0.1, 0.15) is 33.9 Å². The minimum Gasteiger partial charge on any atom is -0.493 e. The number of aromatic nitrogens is 2. The Morgan fingerprint density at radius 1 is 1.17 bits per heavy atom. The van der Waals surface area contributed by atoms with Gasteiger partial charge in [-0.05, 0) is 37.1 Å². The molecule has 152 valence electrons. The zero-order valence-corrected chi connectivity index (χ0v) is 17.0. The third-order valence-corrected chi connectivity index (χ3v) is 5.17. The van der Waals surface area contributed by atoms with E-state index in [1.54, 1.807) is 7.11 Å². The number of aryl methyl sites for hydroxylation is 2. The fraction of sp³-hybridized carbons (Fsp3) is 0.217. The van der Waals surface area contributed by atoms with Crippen LogP contribution in [0.4, 0.5) is 0 Å². The lowest BCUT2D eigenvalue weighted by Gasteiger charge is -2.24. The summed E-state index contributed by atoms with van der Waals surface area (Å²) in [5, 5.41) is 16.8. The largest absolute Gasteiger partial charge is 0.493 e. The van der Waals surface area contributed by atoms with E-state index in [1.807, 2.05) is 44.2 Å². The second-order valence-electron chi connectivity index (χ2n) is 7.18. The average Bonchev–Trinajstić information content (AvgIpc) is 3.12. The van der Waals surface area contributed by atoms with E-state index in [-0.39, 0.29) is 5.88 Å². The summed E-state index contributed by atoms with van der Waals surface area (Å²) < 4.78 is 17.1. The highest BCUT2D eigenvalue weighted by molar-refractivity contribution is 5.57. The number of aromatic amines is 1. The van der Waals surface area contributed by atoms with Gasteiger partial charge in [0.05, 0.1) is 13.0 Å². The standard InChI is InChI=1S/C23H22N4O3/c1-13-4-6-15(7-5-13)12-29-18-9-8-16(10-19(18)28-3)21-17(11-24)22(25)30-23-20(21)14(2)26-27-23/h4-10,21H,12,25H2,1-3H3,(H,26,27). The fourth-order valence-corrected chi connectivity index (χ4v) is 3.56. The molecule has 30 heavy (non-hydrogen) atoms. The van der Waals surface area contributed by atoms with Crippen molar-refractivity contribution < 1.29 is 14.2 Å². The van der Waals surface area contributed by atoms with Gasteiger partial charge in [-0.25, -0.2) is 0 Å². The van der Waals surface area contributed by atoms with Gasteiger partial charge in [0.1, 0.15) is 18.2 Å². The molecule has 1 aromatic heterocycles. The summed E-state index contributed by atoms with van der Waals surface area (Å²) >= 11 is 0. The molecule has 0 fully saturated rings. The molecule has 1 aliphatic rings. The Hall–Kier alpha value is -3.92. The lowest BCUT2D eigenvalue weighted by Crippen LogP contribution is -2.21. The van der Waals surface area contributed by atoms with Gasteiger partial charge in [0.2, 0.25) is 11.8 Å². The predicted molar refractivity (Wildman–Crippen MR) is 111 cm³/mol. The summed E-state index contributed by atoms with van der Waals surface area (Å²) in [7, 11) is 1.59. The molecular formula is C23H22N4O3. The third kappa shape index (κ3) is 3.44. The molecule has 0 spiro atoms. The van der Waals surface area contributed by atoms with E-state index in [9.17, 15) is 5.26 Å². The van der Waals surface area contributed by atoms with Gasteiger partial charge in [0.15, 0.2) is 11.5 Å². The van der Waals surface area contributed by atoms with E-state index in [2.05, 4.69) is 28.4 Å². The summed E-state index contributed by atoms with van der Waals surface area (Å²) in [5.74, 6) is 1.23. The highest BCUT2D eigenvalue weighted by Gasteiger charge is 2.34. The van der Waals surface area contributed by atoms with Crippen LogP contribution >= 0.6 is 0 Å². The number of H-pyrrole nitrogens is 1. The number of fused-ring (bicyclic) bond motifs is 1. The van der Waals surface area contributed by atoms with Crippen LogP contribution in [0.5, 0.6) is 17.4 Å². The van der Waals surface area contributed by atoms with Gasteiger partial charge < -0.3 is 19.9 Å². The quantitative estimate of drug-likeness (QED) is 0.672. The molecule has 3 aromatic rings. The van der Waals surface area contributed by atoms with Crippen molar-refractivity contribution in [3.05, 3.63) is 81.9 Å². The molecule has 1 aliphatic heterocycles. The summed E-state index contributed by atoms with van der Waals surface area (Å²) in [6, 6.07) is 16.0. The molecule has 0 aliphatic carbocycles. The number of methoxy groups -OCH3 is 1. The van der Waals surface area contributed by atoms with Crippen molar-refractivity contribution >= 4 is 0 Å². The zero-order chi connectivity index (χ0) is 21.3. The van der Waals surface area contributed by atoms with Crippen LogP contribution in [0.2, 0.25) is 0 Å². The van der Waals surface area contributed by atoms with Crippen LogP contribution in [-0.2, 0) is 6.61 Å². The van der Waals surface area contributed by atoms with Gasteiger partial charge in [-0.2, -0.15) is 5.26 Å². The maximum atomic E-state index is 9.70. The van der Waals surface area contributed by atoms with Crippen LogP contribution < -0.4 is 19.9 Å². The minimum atomic E-state index is -0.405. The number of allylic oxidation sites excluding steroid dienone is 1. The molecule has 7 heteroatoms. The molecule has 3 N–H and O–H groups in total. The monoisotopic (exact) mass is 402 g/mol. The van der Waals surface area contributed by atoms with Gasteiger partial charge in [-0.1, -0.05) is 35.9 Å². The maximum Gasteiger partial charge on any atom is 0.244 e. The van der Waals surface area contributed by atoms with E-state index < -0.39 is 5.92 Å². The highest BCUT2D eigenvalue weighted by Crippen LogP contribution is 2.44. The summed E-state index contributed by atoms with van der Waals surface area (Å²) in [4.78, 5) is 0. The molecule has 0 amide bonds. The Morgan fingerprint density at radius 2 is 1.93 bits per heavy atom. The van der Waals surface area contributed by atoms with Gasteiger partial charge >= 0.3 is 0 Å². The molecule has 0 saturated carbocycles. The van der Waals surface area contributed by atoms with Crippen LogP contribution in [0, 0.1) is 25.2 Å². The van der Waals surface area contributed by atoms with E-state index in [0.29, 0.717) is 29.6 Å². The molecular weight excluding hydrogens is 380 g/mol. The minimum absolute atomic E-state index is 0.0557. The predicted octanol–water partition coefficient (Wildman–Crippen LogP) is 3.83. The van der Waals surface area contributed by atoms with Crippen molar-refractivity contribution in [1.29, 1.82) is 5.26 Å². The summed E-state index contributed by atoms with van der Waals surface area (Å²) in [6.07, 6.45) is 0.